The number of rotatable bonds is 5. The Balaban J connectivity index is 1.23. The normalized spacial score (nSPS) is 11.8. The molecule has 2 aromatic heterocycles. The standard InChI is InChI=1S/C50H31NO2/c1-2-10-32(11-3-1)35-20-23-39(24-21-35)51(40-25-22-34-13-5-7-15-37(34)31-40)43-27-26-41(38-19-18-33-12-4-6-14-36(33)30-38)48-49-46(53-50(43)48)29-28-45-47(49)42-16-8-9-17-44(42)52-45/h1-31H. The average Bonchev–Trinajstić information content (AvgIpc) is 3.80. The van der Waals surface area contributed by atoms with Crippen molar-refractivity contribution < 1.29 is 8.83 Å². The molecule has 2 heterocycles. The van der Waals surface area contributed by atoms with E-state index in [1.165, 1.54) is 32.7 Å². The third kappa shape index (κ3) is 4.75. The summed E-state index contributed by atoms with van der Waals surface area (Å²) in [6, 6.07) is 66.7. The molecule has 0 aliphatic heterocycles. The number of fused-ring (bicyclic) bond motifs is 9. The van der Waals surface area contributed by atoms with E-state index in [1.54, 1.807) is 0 Å². The molecule has 3 heteroatoms. The summed E-state index contributed by atoms with van der Waals surface area (Å²) in [7, 11) is 0. The van der Waals surface area contributed by atoms with Crippen molar-refractivity contribution in [3.8, 4) is 22.3 Å². The van der Waals surface area contributed by atoms with Gasteiger partial charge in [0.1, 0.15) is 16.7 Å². The molecule has 0 bridgehead atoms. The molecule has 11 aromatic rings. The van der Waals surface area contributed by atoms with Gasteiger partial charge in [0.05, 0.1) is 5.69 Å². The predicted octanol–water partition coefficient (Wildman–Crippen LogP) is 14.6. The van der Waals surface area contributed by atoms with Gasteiger partial charge in [-0.15, -0.1) is 0 Å². The van der Waals surface area contributed by atoms with Crippen LogP contribution in [0.3, 0.4) is 0 Å². The van der Waals surface area contributed by atoms with E-state index in [1.807, 2.05) is 18.2 Å². The molecular formula is C50H31NO2. The zero-order chi connectivity index (χ0) is 34.9. The minimum Gasteiger partial charge on any atom is -0.456 e. The Morgan fingerprint density at radius 1 is 0.340 bits per heavy atom. The lowest BCUT2D eigenvalue weighted by atomic mass is 9.94. The largest absolute Gasteiger partial charge is 0.456 e. The van der Waals surface area contributed by atoms with Crippen molar-refractivity contribution in [2.24, 2.45) is 0 Å². The van der Waals surface area contributed by atoms with Gasteiger partial charge in [-0.25, -0.2) is 0 Å². The van der Waals surface area contributed by atoms with E-state index in [-0.39, 0.29) is 0 Å². The van der Waals surface area contributed by atoms with Crippen molar-refractivity contribution in [2.45, 2.75) is 0 Å². The van der Waals surface area contributed by atoms with E-state index < -0.39 is 0 Å². The highest BCUT2D eigenvalue weighted by Gasteiger charge is 2.25. The molecular weight excluding hydrogens is 647 g/mol. The number of hydrogen-bond donors (Lipinski definition) is 0. The number of hydrogen-bond acceptors (Lipinski definition) is 3. The van der Waals surface area contributed by atoms with Crippen molar-refractivity contribution in [2.75, 3.05) is 4.90 Å². The van der Waals surface area contributed by atoms with Gasteiger partial charge in [0.2, 0.25) is 0 Å². The molecule has 0 N–H and O–H groups in total. The van der Waals surface area contributed by atoms with E-state index in [0.29, 0.717) is 0 Å². The second-order valence-corrected chi connectivity index (χ2v) is 13.7. The molecule has 11 rings (SSSR count). The molecule has 0 atom stereocenters. The van der Waals surface area contributed by atoms with Gasteiger partial charge in [0.15, 0.2) is 5.58 Å². The maximum atomic E-state index is 7.08. The van der Waals surface area contributed by atoms with Crippen molar-refractivity contribution >= 4 is 82.5 Å². The van der Waals surface area contributed by atoms with Crippen molar-refractivity contribution in [1.29, 1.82) is 0 Å². The van der Waals surface area contributed by atoms with Gasteiger partial charge < -0.3 is 13.7 Å². The number of anilines is 3. The van der Waals surface area contributed by atoms with E-state index in [9.17, 15) is 0 Å². The van der Waals surface area contributed by atoms with Crippen LogP contribution in [0.1, 0.15) is 0 Å². The number of furan rings is 2. The van der Waals surface area contributed by atoms with Crippen LogP contribution in [0, 0.1) is 0 Å². The Morgan fingerprint density at radius 2 is 0.943 bits per heavy atom. The summed E-state index contributed by atoms with van der Waals surface area (Å²) >= 11 is 0. The summed E-state index contributed by atoms with van der Waals surface area (Å²) in [4.78, 5) is 2.33. The van der Waals surface area contributed by atoms with E-state index >= 15 is 0 Å². The Hall–Kier alpha value is -7.10. The molecule has 3 nitrogen and oxygen atoms in total. The Bertz CT molecular complexity index is 3170. The maximum absolute atomic E-state index is 7.08. The van der Waals surface area contributed by atoms with Crippen LogP contribution in [0.4, 0.5) is 17.1 Å². The lowest BCUT2D eigenvalue weighted by Crippen LogP contribution is -2.10. The van der Waals surface area contributed by atoms with E-state index in [4.69, 9.17) is 8.83 Å². The fourth-order valence-electron chi connectivity index (χ4n) is 8.11. The van der Waals surface area contributed by atoms with Gasteiger partial charge in [-0.3, -0.25) is 0 Å². The molecule has 0 spiro atoms. The molecule has 0 unspecified atom stereocenters. The van der Waals surface area contributed by atoms with Gasteiger partial charge in [-0.05, 0) is 98.4 Å². The predicted molar refractivity (Wildman–Crippen MR) is 222 cm³/mol. The molecule has 248 valence electrons. The number of benzene rings is 9. The van der Waals surface area contributed by atoms with Crippen LogP contribution in [-0.2, 0) is 0 Å². The molecule has 0 aliphatic rings. The molecule has 9 aromatic carbocycles. The molecule has 53 heavy (non-hydrogen) atoms. The Kier molecular flexibility index (Phi) is 6.55. The molecule has 0 aliphatic carbocycles. The third-order valence-corrected chi connectivity index (χ3v) is 10.6. The van der Waals surface area contributed by atoms with Crippen molar-refractivity contribution in [3.63, 3.8) is 0 Å². The molecule has 0 saturated heterocycles. The molecule has 0 saturated carbocycles. The van der Waals surface area contributed by atoms with Gasteiger partial charge in [-0.1, -0.05) is 133 Å². The fraction of sp³-hybridized carbons (Fsp3) is 0. The van der Waals surface area contributed by atoms with Crippen LogP contribution in [0.5, 0.6) is 0 Å². The van der Waals surface area contributed by atoms with Crippen LogP contribution in [0.2, 0.25) is 0 Å². The van der Waals surface area contributed by atoms with E-state index in [2.05, 4.69) is 175 Å². The van der Waals surface area contributed by atoms with Gasteiger partial charge in [-0.2, -0.15) is 0 Å². The lowest BCUT2D eigenvalue weighted by Gasteiger charge is -2.26. The highest BCUT2D eigenvalue weighted by Crippen LogP contribution is 2.49. The minimum absolute atomic E-state index is 0.823. The quantitative estimate of drug-likeness (QED) is 0.182. The van der Waals surface area contributed by atoms with Crippen LogP contribution < -0.4 is 4.90 Å². The first kappa shape index (κ1) is 29.6. The summed E-state index contributed by atoms with van der Waals surface area (Å²) < 4.78 is 13.5. The topological polar surface area (TPSA) is 29.5 Å². The van der Waals surface area contributed by atoms with Crippen LogP contribution in [-0.4, -0.2) is 0 Å². The second kappa shape index (κ2) is 11.7. The van der Waals surface area contributed by atoms with E-state index in [0.717, 1.165) is 72.1 Å². The highest BCUT2D eigenvalue weighted by atomic mass is 16.3. The number of nitrogens with zero attached hydrogens (tertiary/aromatic N) is 1. The van der Waals surface area contributed by atoms with Crippen molar-refractivity contribution in [3.05, 3.63) is 188 Å². The lowest BCUT2D eigenvalue weighted by molar-refractivity contribution is 0.663. The third-order valence-electron chi connectivity index (χ3n) is 10.6. The van der Waals surface area contributed by atoms with Crippen LogP contribution >= 0.6 is 0 Å². The first-order chi connectivity index (χ1) is 26.3. The summed E-state index contributed by atoms with van der Waals surface area (Å²) in [5.74, 6) is 0. The maximum Gasteiger partial charge on any atom is 0.160 e. The molecule has 0 radical (unpaired) electrons. The van der Waals surface area contributed by atoms with Gasteiger partial charge >= 0.3 is 0 Å². The second-order valence-electron chi connectivity index (χ2n) is 13.7. The minimum atomic E-state index is 0.823. The summed E-state index contributed by atoms with van der Waals surface area (Å²) in [6.45, 7) is 0. The zero-order valence-electron chi connectivity index (χ0n) is 28.7. The van der Waals surface area contributed by atoms with Gasteiger partial charge in [0, 0.05) is 32.9 Å². The molecule has 0 fully saturated rings. The smallest absolute Gasteiger partial charge is 0.160 e. The SMILES string of the molecule is c1ccc(-c2ccc(N(c3ccc4ccccc4c3)c3ccc(-c4ccc5ccccc5c4)c4c3oc3ccc5oc6ccccc6c5c34)cc2)cc1. The summed E-state index contributed by atoms with van der Waals surface area (Å²) in [5, 5.41) is 9.06. The molecule has 0 amide bonds. The first-order valence-electron chi connectivity index (χ1n) is 18.0. The Labute approximate surface area is 305 Å². The van der Waals surface area contributed by atoms with Gasteiger partial charge in [0.25, 0.3) is 0 Å². The zero-order valence-corrected chi connectivity index (χ0v) is 28.7. The van der Waals surface area contributed by atoms with Crippen LogP contribution in [0.25, 0.3) is 87.7 Å². The monoisotopic (exact) mass is 677 g/mol. The highest BCUT2D eigenvalue weighted by molar-refractivity contribution is 6.29. The first-order valence-corrected chi connectivity index (χ1v) is 18.0. The summed E-state index contributed by atoms with van der Waals surface area (Å²) in [6.07, 6.45) is 0. The summed E-state index contributed by atoms with van der Waals surface area (Å²) in [5.41, 5.74) is 11.0. The number of para-hydroxylation sites is 1. The van der Waals surface area contributed by atoms with Crippen molar-refractivity contribution in [1.82, 2.24) is 0 Å². The van der Waals surface area contributed by atoms with Crippen LogP contribution in [0.15, 0.2) is 197 Å². The average molecular weight is 678 g/mol. The fourth-order valence-corrected chi connectivity index (χ4v) is 8.11. The Morgan fingerprint density at radius 3 is 1.74 bits per heavy atom.